The van der Waals surface area contributed by atoms with Gasteiger partial charge in [-0.2, -0.15) is 0 Å². The molecular formula is C20H29NO2. The van der Waals surface area contributed by atoms with Crippen LogP contribution < -0.4 is 5.32 Å². The molecule has 3 nitrogen and oxygen atoms in total. The molecule has 1 unspecified atom stereocenters. The van der Waals surface area contributed by atoms with Crippen LogP contribution in [0.5, 0.6) is 5.75 Å². The summed E-state index contributed by atoms with van der Waals surface area (Å²) in [6.07, 6.45) is 6.66. The van der Waals surface area contributed by atoms with Crippen LogP contribution in [0.3, 0.4) is 0 Å². The van der Waals surface area contributed by atoms with E-state index < -0.39 is 0 Å². The van der Waals surface area contributed by atoms with E-state index in [9.17, 15) is 10.2 Å². The Kier molecular flexibility index (Phi) is 3.60. The van der Waals surface area contributed by atoms with E-state index in [2.05, 4.69) is 25.2 Å². The molecule has 0 aliphatic heterocycles. The van der Waals surface area contributed by atoms with Crippen LogP contribution in [-0.2, 0) is 6.42 Å². The third-order valence-corrected chi connectivity index (χ3v) is 7.16. The summed E-state index contributed by atoms with van der Waals surface area (Å²) in [4.78, 5) is 0. The number of hydrogen-bond acceptors (Lipinski definition) is 3. The molecule has 1 aromatic carbocycles. The maximum Gasteiger partial charge on any atom is 0.138 e. The first-order valence-electron chi connectivity index (χ1n) is 9.32. The summed E-state index contributed by atoms with van der Waals surface area (Å²) in [5.41, 5.74) is 3.82. The van der Waals surface area contributed by atoms with E-state index in [-0.39, 0.29) is 11.5 Å². The zero-order chi connectivity index (χ0) is 16.2. The van der Waals surface area contributed by atoms with E-state index >= 15 is 0 Å². The third-order valence-electron chi connectivity index (χ3n) is 7.16. The monoisotopic (exact) mass is 315 g/mol. The Labute approximate surface area is 139 Å². The SMILES string of the molecule is CCNc1cc2c(cc1O)CC[C@@H]1[C@@H]2CC[C@]2(C)C(O)CC[C@@H]12. The fraction of sp³-hybridized carbons (Fsp3) is 0.700. The predicted octanol–water partition coefficient (Wildman–Crippen LogP) is 4.04. The van der Waals surface area contributed by atoms with Gasteiger partial charge in [-0.3, -0.25) is 0 Å². The van der Waals surface area contributed by atoms with Crippen LogP contribution in [0, 0.1) is 17.3 Å². The molecule has 2 saturated carbocycles. The number of phenols is 1. The number of benzene rings is 1. The lowest BCUT2D eigenvalue weighted by atomic mass is 9.55. The molecule has 126 valence electrons. The van der Waals surface area contributed by atoms with E-state index in [4.69, 9.17) is 0 Å². The number of fused-ring (bicyclic) bond motifs is 5. The van der Waals surface area contributed by atoms with Crippen molar-refractivity contribution in [1.82, 2.24) is 0 Å². The second kappa shape index (κ2) is 5.41. The molecule has 0 bridgehead atoms. The molecular weight excluding hydrogens is 286 g/mol. The first-order chi connectivity index (χ1) is 11.0. The molecule has 4 rings (SSSR count). The predicted molar refractivity (Wildman–Crippen MR) is 92.9 cm³/mol. The van der Waals surface area contributed by atoms with Crippen LogP contribution in [0.1, 0.15) is 63.0 Å². The van der Waals surface area contributed by atoms with Crippen LogP contribution in [-0.4, -0.2) is 22.9 Å². The van der Waals surface area contributed by atoms with Crippen molar-refractivity contribution in [2.45, 2.75) is 64.4 Å². The molecule has 0 saturated heterocycles. The molecule has 3 aliphatic rings. The highest BCUT2D eigenvalue weighted by molar-refractivity contribution is 5.61. The van der Waals surface area contributed by atoms with Gasteiger partial charge in [0.15, 0.2) is 0 Å². The molecule has 3 N–H and O–H groups in total. The molecule has 0 spiro atoms. The van der Waals surface area contributed by atoms with Gasteiger partial charge in [-0.05, 0) is 91.9 Å². The summed E-state index contributed by atoms with van der Waals surface area (Å²) in [5.74, 6) is 2.37. The molecule has 3 aliphatic carbocycles. The van der Waals surface area contributed by atoms with Crippen LogP contribution in [0.4, 0.5) is 5.69 Å². The maximum atomic E-state index is 10.5. The van der Waals surface area contributed by atoms with Crippen LogP contribution in [0.15, 0.2) is 12.1 Å². The topological polar surface area (TPSA) is 52.5 Å². The second-order valence-corrected chi connectivity index (χ2v) is 8.15. The van der Waals surface area contributed by atoms with E-state index in [0.29, 0.717) is 23.5 Å². The van der Waals surface area contributed by atoms with Crippen molar-refractivity contribution in [3.05, 3.63) is 23.3 Å². The normalized spacial score (nSPS) is 38.6. The summed E-state index contributed by atoms with van der Waals surface area (Å²) < 4.78 is 0. The average molecular weight is 315 g/mol. The Morgan fingerprint density at radius 3 is 2.83 bits per heavy atom. The van der Waals surface area contributed by atoms with Gasteiger partial charge in [0.05, 0.1) is 11.8 Å². The lowest BCUT2D eigenvalue weighted by Crippen LogP contribution is -2.43. The van der Waals surface area contributed by atoms with Gasteiger partial charge in [-0.15, -0.1) is 0 Å². The van der Waals surface area contributed by atoms with E-state index in [0.717, 1.165) is 31.5 Å². The van der Waals surface area contributed by atoms with Gasteiger partial charge in [0.25, 0.3) is 0 Å². The fourth-order valence-corrected chi connectivity index (χ4v) is 5.91. The van der Waals surface area contributed by atoms with Crippen molar-refractivity contribution in [1.29, 1.82) is 0 Å². The number of hydrogen-bond donors (Lipinski definition) is 3. The van der Waals surface area contributed by atoms with Gasteiger partial charge >= 0.3 is 0 Å². The number of aliphatic hydroxyl groups excluding tert-OH is 1. The second-order valence-electron chi connectivity index (χ2n) is 8.15. The van der Waals surface area contributed by atoms with E-state index in [1.54, 1.807) is 0 Å². The summed E-state index contributed by atoms with van der Waals surface area (Å²) >= 11 is 0. The highest BCUT2D eigenvalue weighted by atomic mass is 16.3. The van der Waals surface area contributed by atoms with Crippen molar-refractivity contribution in [3.8, 4) is 5.75 Å². The Morgan fingerprint density at radius 2 is 2.04 bits per heavy atom. The smallest absolute Gasteiger partial charge is 0.138 e. The van der Waals surface area contributed by atoms with Crippen molar-refractivity contribution in [3.63, 3.8) is 0 Å². The summed E-state index contributed by atoms with van der Waals surface area (Å²) in [6, 6.07) is 4.19. The largest absolute Gasteiger partial charge is 0.506 e. The highest BCUT2D eigenvalue weighted by Gasteiger charge is 2.54. The van der Waals surface area contributed by atoms with Crippen molar-refractivity contribution >= 4 is 5.69 Å². The summed E-state index contributed by atoms with van der Waals surface area (Å²) in [7, 11) is 0. The lowest BCUT2D eigenvalue weighted by Gasteiger charge is -2.50. The first-order valence-corrected chi connectivity index (χ1v) is 9.32. The molecule has 0 amide bonds. The zero-order valence-electron chi connectivity index (χ0n) is 14.3. The minimum atomic E-state index is -0.105. The maximum absolute atomic E-state index is 10.5. The van der Waals surface area contributed by atoms with Crippen molar-refractivity contribution in [2.75, 3.05) is 11.9 Å². The van der Waals surface area contributed by atoms with E-state index in [1.165, 1.54) is 30.4 Å². The van der Waals surface area contributed by atoms with E-state index in [1.807, 2.05) is 6.07 Å². The highest BCUT2D eigenvalue weighted by Crippen LogP contribution is 2.61. The number of aryl methyl sites for hydroxylation is 1. The van der Waals surface area contributed by atoms with Gasteiger partial charge in [-0.25, -0.2) is 0 Å². The van der Waals surface area contributed by atoms with Crippen molar-refractivity contribution < 1.29 is 10.2 Å². The molecule has 0 heterocycles. The minimum Gasteiger partial charge on any atom is -0.506 e. The lowest BCUT2D eigenvalue weighted by molar-refractivity contribution is -0.0226. The number of aliphatic hydroxyl groups is 1. The minimum absolute atomic E-state index is 0.105. The molecule has 2 fully saturated rings. The Hall–Kier alpha value is -1.22. The molecule has 1 aromatic rings. The molecule has 0 aromatic heterocycles. The molecule has 23 heavy (non-hydrogen) atoms. The molecule has 5 atom stereocenters. The van der Waals surface area contributed by atoms with Gasteiger partial charge in [0.2, 0.25) is 0 Å². The first kappa shape index (κ1) is 15.3. The standard InChI is InChI=1S/C20H29NO2/c1-3-21-17-11-15-12(10-18(17)22)4-5-14-13(15)8-9-20(2)16(14)6-7-19(20)23/h10-11,13-14,16,19,21-23H,3-9H2,1-2H3/t13-,14+,16-,19?,20-/m0/s1. The van der Waals surface area contributed by atoms with Crippen molar-refractivity contribution in [2.24, 2.45) is 17.3 Å². The van der Waals surface area contributed by atoms with Gasteiger partial charge < -0.3 is 15.5 Å². The average Bonchev–Trinajstić information content (AvgIpc) is 2.84. The van der Waals surface area contributed by atoms with Crippen LogP contribution >= 0.6 is 0 Å². The molecule has 3 heteroatoms. The Bertz CT molecular complexity index is 614. The van der Waals surface area contributed by atoms with Crippen LogP contribution in [0.25, 0.3) is 0 Å². The number of rotatable bonds is 2. The van der Waals surface area contributed by atoms with Gasteiger partial charge in [0, 0.05) is 6.54 Å². The summed E-state index contributed by atoms with van der Waals surface area (Å²) in [6.45, 7) is 5.21. The zero-order valence-corrected chi connectivity index (χ0v) is 14.3. The summed E-state index contributed by atoms with van der Waals surface area (Å²) in [5, 5.41) is 24.0. The Balaban J connectivity index is 1.70. The third kappa shape index (κ3) is 2.20. The van der Waals surface area contributed by atoms with Gasteiger partial charge in [-0.1, -0.05) is 6.92 Å². The Morgan fingerprint density at radius 1 is 1.22 bits per heavy atom. The fourth-order valence-electron chi connectivity index (χ4n) is 5.91. The van der Waals surface area contributed by atoms with Crippen LogP contribution in [0.2, 0.25) is 0 Å². The van der Waals surface area contributed by atoms with Gasteiger partial charge in [0.1, 0.15) is 5.75 Å². The quantitative estimate of drug-likeness (QED) is 0.722. The molecule has 0 radical (unpaired) electrons. The number of nitrogens with one attached hydrogen (secondary N) is 1. The number of phenolic OH excluding ortho intramolecular Hbond substituents is 1. The number of aromatic hydroxyl groups is 1. The number of anilines is 1.